The van der Waals surface area contributed by atoms with E-state index in [0.29, 0.717) is 52.2 Å². The number of carbonyl (C=O) groups is 7. The summed E-state index contributed by atoms with van der Waals surface area (Å²) in [5.41, 5.74) is 16.5. The molecule has 0 spiro atoms. The van der Waals surface area contributed by atoms with Crippen LogP contribution in [0.3, 0.4) is 0 Å². The maximum absolute atomic E-state index is 13.4. The Bertz CT molecular complexity index is 3970. The van der Waals surface area contributed by atoms with Crippen LogP contribution in [-0.4, -0.2) is 121 Å². The number of fused-ring (bicyclic) bond motifs is 4. The lowest BCUT2D eigenvalue weighted by Crippen LogP contribution is -2.34. The van der Waals surface area contributed by atoms with Crippen LogP contribution >= 0.6 is 71.1 Å². The molecule has 3 saturated heterocycles. The van der Waals surface area contributed by atoms with Crippen LogP contribution in [0.25, 0.3) is 23.1 Å². The van der Waals surface area contributed by atoms with E-state index in [-0.39, 0.29) is 41.7 Å². The van der Waals surface area contributed by atoms with Crippen molar-refractivity contribution in [3.05, 3.63) is 159 Å². The van der Waals surface area contributed by atoms with Crippen LogP contribution in [0.2, 0.25) is 0 Å². The fourth-order valence-corrected chi connectivity index (χ4v) is 16.6. The molecule has 0 radical (unpaired) electrons. The number of hydroxylamine groups is 1. The number of thioether (sulfide) groups is 3. The molecule has 3 fully saturated rings. The van der Waals surface area contributed by atoms with Crippen LogP contribution in [0.15, 0.2) is 111 Å². The van der Waals surface area contributed by atoms with Crippen molar-refractivity contribution in [3.63, 3.8) is 0 Å². The van der Waals surface area contributed by atoms with Gasteiger partial charge in [-0.3, -0.25) is 57.6 Å². The maximum Gasteiger partial charge on any atom is 0.323 e. The molecular weight excluding hydrogens is 1320 g/mol. The normalized spacial score (nSPS) is 16.7. The molecule has 95 heavy (non-hydrogen) atoms. The topological polar surface area (TPSA) is 208 Å². The molecule has 0 unspecified atom stereocenters. The summed E-state index contributed by atoms with van der Waals surface area (Å²) in [5, 5.41) is 9.22. The van der Waals surface area contributed by atoms with Gasteiger partial charge in [0.25, 0.3) is 23.8 Å². The number of amides is 3. The summed E-state index contributed by atoms with van der Waals surface area (Å²) in [6.07, 6.45) is 20.8. The molecule has 5 aliphatic rings. The van der Waals surface area contributed by atoms with E-state index in [9.17, 15) is 38.4 Å². The van der Waals surface area contributed by atoms with Gasteiger partial charge in [-0.05, 0) is 159 Å². The molecule has 0 saturated carbocycles. The first-order chi connectivity index (χ1) is 45.8. The molecule has 504 valence electrons. The third-order valence-electron chi connectivity index (χ3n) is 15.8. The molecule has 6 heterocycles. The molecule has 0 atom stereocenters. The van der Waals surface area contributed by atoms with Gasteiger partial charge < -0.3 is 24.5 Å². The summed E-state index contributed by atoms with van der Waals surface area (Å²) in [6, 6.07) is 30.8. The van der Waals surface area contributed by atoms with E-state index in [1.165, 1.54) is 153 Å². The average molecular weight is 1400 g/mol. The van der Waals surface area contributed by atoms with E-state index in [2.05, 4.69) is 125 Å². The Morgan fingerprint density at radius 2 is 1.12 bits per heavy atom. The Hall–Kier alpha value is -7.45. The number of carboxylic acid groups (broad SMARTS) is 1. The van der Waals surface area contributed by atoms with Crippen molar-refractivity contribution in [2.24, 2.45) is 0 Å². The van der Waals surface area contributed by atoms with Gasteiger partial charge in [-0.15, -0.1) is 11.3 Å². The van der Waals surface area contributed by atoms with E-state index in [1.807, 2.05) is 32.9 Å². The number of aromatic nitrogens is 1. The molecule has 4 aromatic carbocycles. The van der Waals surface area contributed by atoms with Crippen molar-refractivity contribution in [2.45, 2.75) is 132 Å². The number of anilines is 4. The number of carbonyl (C=O) groups excluding carboxylic acids is 6. The number of hydrogen-bond donors (Lipinski definition) is 2. The number of thiazole rings is 1. The summed E-state index contributed by atoms with van der Waals surface area (Å²) in [6.45, 7) is 15.8. The zero-order chi connectivity index (χ0) is 68.7. The molecular formula is C71H83N7O11S6. The van der Waals surface area contributed by atoms with E-state index in [1.54, 1.807) is 6.92 Å². The standard InChI is InChI=1S/C34H37N3O4S3.C24H29NO.C10H10N2O4S3.C3H7NO2/c1-4-6-7-10-17-36-27-12-9-8-11-25(27)14-15-26-20-24(13-16-28(26)36)18-23(3)19-29-31(39)37(21-41-22-38)33(43-29)30-32(40)35(5-2)34(42)44-30;1-3-4-5-8-15-25-23-10-7-6-9-21(23)12-13-22-17-20(11-14-24(22)25)16-19(2)18-26;1-2-11-8(16)7(19-10(11)17)9-12(3-6(14)15)5(13)4-18-9;1-3(5)6-4-2/h8-9,11-13,16,18-20,22H,4-7,10,14-15,17,21H2,1-3H3;6-7,9-11,14,16-18H,3-5,8,12-13,15H2,1-2H3;2-4H2,1H3,(H,14,15);4H,1-2H3/b23-18+,29-19+,33-30+;19-16+;9-7+;. The highest BCUT2D eigenvalue weighted by Gasteiger charge is 2.40. The lowest BCUT2D eigenvalue weighted by atomic mass is 10.0. The van der Waals surface area contributed by atoms with Gasteiger partial charge in [-0.1, -0.05) is 167 Å². The predicted molar refractivity (Wildman–Crippen MR) is 394 cm³/mol. The van der Waals surface area contributed by atoms with E-state index in [0.717, 1.165) is 90.4 Å². The highest BCUT2D eigenvalue weighted by atomic mass is 32.2. The second kappa shape index (κ2) is 37.2. The number of aldehydes is 1. The van der Waals surface area contributed by atoms with Gasteiger partial charge in [0.15, 0.2) is 6.73 Å². The minimum absolute atomic E-state index is 0.152. The minimum Gasteiger partial charge on any atom is -0.480 e. The molecule has 0 bridgehead atoms. The van der Waals surface area contributed by atoms with Crippen molar-refractivity contribution < 1.29 is 48.2 Å². The third-order valence-corrected chi connectivity index (χ3v) is 21.2. The van der Waals surface area contributed by atoms with Gasteiger partial charge in [-0.2, -0.15) is 5.48 Å². The first-order valence-corrected chi connectivity index (χ1v) is 36.2. The Morgan fingerprint density at radius 3 is 1.58 bits per heavy atom. The number of rotatable bonds is 22. The number of nitrogens with zero attached hydrogens (tertiary/aromatic N) is 6. The predicted octanol–water partition coefficient (Wildman–Crippen LogP) is 12.2. The van der Waals surface area contributed by atoms with Gasteiger partial charge >= 0.3 is 11.9 Å². The molecule has 0 aliphatic carbocycles. The maximum atomic E-state index is 13.4. The number of aryl methyl sites for hydroxylation is 4. The number of hydrogen-bond acceptors (Lipinski definition) is 19. The fourth-order valence-electron chi connectivity index (χ4n) is 11.3. The minimum atomic E-state index is -1.11. The second-order valence-corrected chi connectivity index (χ2v) is 27.9. The molecule has 10 rings (SSSR count). The summed E-state index contributed by atoms with van der Waals surface area (Å²) in [5.74, 6) is -2.08. The number of para-hydroxylation sites is 2. The number of aliphatic carboxylic acids is 1. The van der Waals surface area contributed by atoms with Crippen LogP contribution in [-0.2, 0) is 75.6 Å². The number of unbranched alkanes of at least 4 members (excludes halogenated alkanes) is 6. The van der Waals surface area contributed by atoms with Crippen molar-refractivity contribution >= 4 is 168 Å². The molecule has 3 amide bonds. The van der Waals surface area contributed by atoms with Gasteiger partial charge in [0, 0.05) is 62.9 Å². The monoisotopic (exact) mass is 1400 g/mol. The van der Waals surface area contributed by atoms with E-state index < -0.39 is 12.5 Å². The van der Waals surface area contributed by atoms with Crippen LogP contribution in [0, 0.1) is 0 Å². The van der Waals surface area contributed by atoms with E-state index in [4.69, 9.17) is 34.3 Å². The fraction of sp³-hybridized carbons (Fsp3) is 0.380. The summed E-state index contributed by atoms with van der Waals surface area (Å²) < 4.78 is 8.04. The number of ether oxygens (including phenoxy) is 1. The number of carboxylic acids is 1. The van der Waals surface area contributed by atoms with Crippen molar-refractivity contribution in [1.29, 1.82) is 0 Å². The van der Waals surface area contributed by atoms with Gasteiger partial charge in [0.05, 0.1) is 15.3 Å². The highest BCUT2D eigenvalue weighted by molar-refractivity contribution is 8.30. The first-order valence-electron chi connectivity index (χ1n) is 31.9. The second-order valence-electron chi connectivity index (χ2n) is 22.7. The number of benzene rings is 4. The summed E-state index contributed by atoms with van der Waals surface area (Å²) in [7, 11) is 1.53. The van der Waals surface area contributed by atoms with Gasteiger partial charge in [0.2, 0.25) is 5.91 Å². The van der Waals surface area contributed by atoms with E-state index >= 15 is 0 Å². The zero-order valence-corrected chi connectivity index (χ0v) is 60.0. The lowest BCUT2D eigenvalue weighted by Gasteiger charge is -2.27. The van der Waals surface area contributed by atoms with Crippen LogP contribution in [0.1, 0.15) is 133 Å². The van der Waals surface area contributed by atoms with Crippen LogP contribution < -0.4 is 30.0 Å². The zero-order valence-electron chi connectivity index (χ0n) is 55.1. The Morgan fingerprint density at radius 1 is 0.621 bits per heavy atom. The quantitative estimate of drug-likeness (QED) is 0.0217. The van der Waals surface area contributed by atoms with Crippen molar-refractivity contribution in [2.75, 3.05) is 55.3 Å². The molecule has 24 heteroatoms. The largest absolute Gasteiger partial charge is 0.480 e. The van der Waals surface area contributed by atoms with Crippen molar-refractivity contribution in [3.8, 4) is 0 Å². The first kappa shape index (κ1) is 74.9. The summed E-state index contributed by atoms with van der Waals surface area (Å²) >= 11 is 15.1. The number of likely N-dealkylation sites (N-methyl/N-ethyl adjacent to an activating group) is 1. The smallest absolute Gasteiger partial charge is 0.323 e. The van der Waals surface area contributed by atoms with Crippen LogP contribution in [0.4, 0.5) is 22.7 Å². The lowest BCUT2D eigenvalue weighted by molar-refractivity contribution is -0.147. The Kier molecular flexibility index (Phi) is 29.3. The molecule has 5 aromatic rings. The SMILES string of the molecule is CCCCCCN1c2ccccc2CCc2cc(/C=C(C)/C=c3/s/c(=C4/SC(=S)N(CC)C4=O)n(COC=O)c3=O)ccc21.CCCCCCN1c2ccccc2CCc2cc(/C=C(\C)C=O)ccc21.CCN1C(=O)/C(=C2\SCC(=O)N2CC(=O)O)SC1=S.CNOC(C)=O. The number of allylic oxidation sites excluding steroid dienone is 2. The van der Waals surface area contributed by atoms with Gasteiger partial charge in [0.1, 0.15) is 35.9 Å². The Balaban J connectivity index is 0.000000210. The average Bonchev–Trinajstić information content (AvgIpc) is 1.68. The molecule has 5 aliphatic heterocycles. The third kappa shape index (κ3) is 19.8. The van der Waals surface area contributed by atoms with Crippen molar-refractivity contribution in [1.82, 2.24) is 24.7 Å². The summed E-state index contributed by atoms with van der Waals surface area (Å²) in [4.78, 5) is 107. The molecule has 2 N–H and O–H groups in total. The number of thiocarbonyl (C=S) groups is 2. The number of nitrogens with one attached hydrogen (secondary N) is 1. The molecule has 18 nitrogen and oxygen atoms in total. The highest BCUT2D eigenvalue weighted by Crippen LogP contribution is 2.42. The van der Waals surface area contributed by atoms with Crippen LogP contribution in [0.5, 0.6) is 0 Å². The molecule has 1 aromatic heterocycles. The Labute approximate surface area is 583 Å². The van der Waals surface area contributed by atoms with Gasteiger partial charge in [-0.25, -0.2) is 0 Å².